The summed E-state index contributed by atoms with van der Waals surface area (Å²) in [6.45, 7) is 2.23. The number of ether oxygens (including phenoxy) is 1. The molecule has 0 saturated heterocycles. The van der Waals surface area contributed by atoms with E-state index in [2.05, 4.69) is 11.3 Å². The van der Waals surface area contributed by atoms with E-state index in [1.54, 1.807) is 0 Å². The smallest absolute Gasteiger partial charge is 0.460 e. The van der Waals surface area contributed by atoms with E-state index < -0.39 is 67.6 Å². The summed E-state index contributed by atoms with van der Waals surface area (Å²) >= 11 is 0. The summed E-state index contributed by atoms with van der Waals surface area (Å²) in [5.41, 5.74) is 0. The van der Waals surface area contributed by atoms with Crippen molar-refractivity contribution in [1.82, 2.24) is 0 Å². The molecule has 28 heavy (non-hydrogen) atoms. The summed E-state index contributed by atoms with van der Waals surface area (Å²) in [6, 6.07) is 0. The molecule has 0 saturated carbocycles. The number of hydrogen-bond acceptors (Lipinski definition) is 2. The van der Waals surface area contributed by atoms with Gasteiger partial charge in [0, 0.05) is 12.5 Å². The first-order valence-electron chi connectivity index (χ1n) is 6.95. The minimum Gasteiger partial charge on any atom is -0.463 e. The summed E-state index contributed by atoms with van der Waals surface area (Å²) in [6.07, 6.45) is -11.0. The SMILES string of the molecule is C=CC(=O)OCCCCC(F)(F)C(F)(F)C(F)(F)C(F)(F)C(F)(F)C(F)(F)F. The van der Waals surface area contributed by atoms with Gasteiger partial charge in [-0.3, -0.25) is 0 Å². The van der Waals surface area contributed by atoms with Gasteiger partial charge in [-0.1, -0.05) is 6.58 Å². The van der Waals surface area contributed by atoms with Gasteiger partial charge in [0.2, 0.25) is 0 Å². The van der Waals surface area contributed by atoms with Gasteiger partial charge >= 0.3 is 41.8 Å². The molecule has 0 spiro atoms. The van der Waals surface area contributed by atoms with Crippen molar-refractivity contribution < 1.29 is 66.6 Å². The number of halogens is 13. The van der Waals surface area contributed by atoms with Crippen molar-refractivity contribution in [2.45, 2.75) is 55.1 Å². The molecule has 0 N–H and O–H groups in total. The van der Waals surface area contributed by atoms with Crippen molar-refractivity contribution in [2.24, 2.45) is 0 Å². The Morgan fingerprint density at radius 2 is 1.14 bits per heavy atom. The third-order valence-corrected chi connectivity index (χ3v) is 3.29. The molecule has 0 bridgehead atoms. The average molecular weight is 446 g/mol. The highest BCUT2D eigenvalue weighted by Crippen LogP contribution is 2.60. The van der Waals surface area contributed by atoms with Crippen LogP contribution in [0.5, 0.6) is 0 Å². The Morgan fingerprint density at radius 1 is 0.714 bits per heavy atom. The zero-order valence-corrected chi connectivity index (χ0v) is 13.3. The van der Waals surface area contributed by atoms with Crippen LogP contribution in [0.2, 0.25) is 0 Å². The standard InChI is InChI=1S/C13H11F13O2/c1-2-7(27)28-6-4-3-5-8(14,15)9(16,17)10(18,19)11(20,21)12(22,23)13(24,25)26/h2H,1,3-6H2. The maximum atomic E-state index is 13.4. The van der Waals surface area contributed by atoms with E-state index in [9.17, 15) is 61.9 Å². The van der Waals surface area contributed by atoms with Crippen molar-refractivity contribution in [3.8, 4) is 0 Å². The normalized spacial score (nSPS) is 14.8. The van der Waals surface area contributed by atoms with Crippen LogP contribution in [0.25, 0.3) is 0 Å². The fourth-order valence-electron chi connectivity index (χ4n) is 1.64. The molecule has 0 aliphatic carbocycles. The topological polar surface area (TPSA) is 26.3 Å². The van der Waals surface area contributed by atoms with Crippen LogP contribution < -0.4 is 0 Å². The fourth-order valence-corrected chi connectivity index (χ4v) is 1.64. The van der Waals surface area contributed by atoms with Gasteiger partial charge < -0.3 is 4.74 Å². The lowest BCUT2D eigenvalue weighted by Crippen LogP contribution is -2.70. The van der Waals surface area contributed by atoms with Crippen LogP contribution in [0.3, 0.4) is 0 Å². The first-order chi connectivity index (χ1) is 12.2. The van der Waals surface area contributed by atoms with Crippen LogP contribution in [0.4, 0.5) is 57.1 Å². The number of esters is 1. The van der Waals surface area contributed by atoms with E-state index >= 15 is 0 Å². The van der Waals surface area contributed by atoms with Crippen molar-refractivity contribution in [3.05, 3.63) is 12.7 Å². The average Bonchev–Trinajstić information content (AvgIpc) is 2.52. The van der Waals surface area contributed by atoms with E-state index in [0.29, 0.717) is 6.08 Å². The Bertz CT molecular complexity index is 565. The minimum atomic E-state index is -7.90. The molecule has 0 fully saturated rings. The van der Waals surface area contributed by atoms with E-state index in [-0.39, 0.29) is 0 Å². The van der Waals surface area contributed by atoms with Crippen LogP contribution in [-0.2, 0) is 9.53 Å². The van der Waals surface area contributed by atoms with Gasteiger partial charge in [0.15, 0.2) is 0 Å². The second-order valence-electron chi connectivity index (χ2n) is 5.33. The third-order valence-electron chi connectivity index (χ3n) is 3.29. The van der Waals surface area contributed by atoms with Crippen LogP contribution in [0.15, 0.2) is 12.7 Å². The Balaban J connectivity index is 5.51. The maximum absolute atomic E-state index is 13.4. The van der Waals surface area contributed by atoms with Crippen LogP contribution in [0.1, 0.15) is 19.3 Å². The molecule has 0 amide bonds. The zero-order chi connectivity index (χ0) is 22.8. The molecular weight excluding hydrogens is 435 g/mol. The molecule has 0 aromatic heterocycles. The molecule has 0 rings (SSSR count). The molecule has 0 aromatic carbocycles. The lowest BCUT2D eigenvalue weighted by Gasteiger charge is -2.39. The number of alkyl halides is 13. The molecule has 0 unspecified atom stereocenters. The van der Waals surface area contributed by atoms with Gasteiger partial charge in [-0.2, -0.15) is 57.1 Å². The first kappa shape index (κ1) is 26.3. The Labute approximate surface area is 148 Å². The van der Waals surface area contributed by atoms with Gasteiger partial charge in [-0.15, -0.1) is 0 Å². The lowest BCUT2D eigenvalue weighted by molar-refractivity contribution is -0.440. The molecule has 166 valence electrons. The second-order valence-corrected chi connectivity index (χ2v) is 5.33. The van der Waals surface area contributed by atoms with Crippen molar-refractivity contribution in [2.75, 3.05) is 6.61 Å². The minimum absolute atomic E-state index is 0.617. The van der Waals surface area contributed by atoms with Gasteiger partial charge in [0.25, 0.3) is 0 Å². The van der Waals surface area contributed by atoms with Crippen molar-refractivity contribution in [3.63, 3.8) is 0 Å². The monoisotopic (exact) mass is 446 g/mol. The maximum Gasteiger partial charge on any atom is 0.460 e. The van der Waals surface area contributed by atoms with Gasteiger partial charge in [-0.25, -0.2) is 4.79 Å². The molecule has 2 nitrogen and oxygen atoms in total. The fraction of sp³-hybridized carbons (Fsp3) is 0.769. The highest BCUT2D eigenvalue weighted by atomic mass is 19.4. The summed E-state index contributed by atoms with van der Waals surface area (Å²) in [4.78, 5) is 10.6. The van der Waals surface area contributed by atoms with Crippen LogP contribution in [0, 0.1) is 0 Å². The number of carbonyl (C=O) groups is 1. The molecule has 0 heterocycles. The van der Waals surface area contributed by atoms with E-state index in [0.717, 1.165) is 0 Å². The summed E-state index contributed by atoms with van der Waals surface area (Å²) in [5.74, 6) is -37.9. The number of unbranched alkanes of at least 4 members (excludes halogenated alkanes) is 1. The van der Waals surface area contributed by atoms with Crippen LogP contribution in [-0.4, -0.2) is 48.4 Å². The van der Waals surface area contributed by atoms with E-state index in [4.69, 9.17) is 0 Å². The summed E-state index contributed by atoms with van der Waals surface area (Å²) in [5, 5.41) is 0. The quantitative estimate of drug-likeness (QED) is 0.188. The Hall–Kier alpha value is -1.70. The summed E-state index contributed by atoms with van der Waals surface area (Å²) in [7, 11) is 0. The molecule has 0 aromatic rings. The predicted molar refractivity (Wildman–Crippen MR) is 65.8 cm³/mol. The largest absolute Gasteiger partial charge is 0.463 e. The summed E-state index contributed by atoms with van der Waals surface area (Å²) < 4.78 is 171. The lowest BCUT2D eigenvalue weighted by atomic mass is 9.92. The zero-order valence-electron chi connectivity index (χ0n) is 13.3. The molecule has 15 heteroatoms. The van der Waals surface area contributed by atoms with E-state index in [1.807, 2.05) is 0 Å². The van der Waals surface area contributed by atoms with Gasteiger partial charge in [0.05, 0.1) is 6.61 Å². The van der Waals surface area contributed by atoms with Crippen LogP contribution >= 0.6 is 0 Å². The molecule has 0 radical (unpaired) electrons. The van der Waals surface area contributed by atoms with Gasteiger partial charge in [-0.05, 0) is 12.8 Å². The predicted octanol–water partition coefficient (Wildman–Crippen LogP) is 5.62. The molecule has 0 aliphatic heterocycles. The highest BCUT2D eigenvalue weighted by Gasteiger charge is 2.90. The highest BCUT2D eigenvalue weighted by molar-refractivity contribution is 5.81. The molecule has 0 atom stereocenters. The molecule has 0 aliphatic rings. The number of carbonyl (C=O) groups excluding carboxylic acids is 1. The van der Waals surface area contributed by atoms with Crippen molar-refractivity contribution >= 4 is 5.97 Å². The first-order valence-corrected chi connectivity index (χ1v) is 6.95. The van der Waals surface area contributed by atoms with E-state index in [1.165, 1.54) is 0 Å². The van der Waals surface area contributed by atoms with Gasteiger partial charge in [0.1, 0.15) is 0 Å². The molecular formula is C13H11F13O2. The third kappa shape index (κ3) is 4.47. The second kappa shape index (κ2) is 7.97. The Morgan fingerprint density at radius 3 is 1.54 bits per heavy atom. The van der Waals surface area contributed by atoms with Crippen molar-refractivity contribution in [1.29, 1.82) is 0 Å². The number of hydrogen-bond donors (Lipinski definition) is 0. The number of rotatable bonds is 10. The Kier molecular flexibility index (Phi) is 7.48.